The highest BCUT2D eigenvalue weighted by Crippen LogP contribution is 2.37. The average Bonchev–Trinajstić information content (AvgIpc) is 3.16. The molecule has 0 aliphatic heterocycles. The van der Waals surface area contributed by atoms with E-state index in [2.05, 4.69) is 24.3 Å². The second-order valence-electron chi connectivity index (χ2n) is 10.5. The van der Waals surface area contributed by atoms with Crippen LogP contribution in [0.3, 0.4) is 0 Å². The van der Waals surface area contributed by atoms with Gasteiger partial charge in [0.2, 0.25) is 0 Å². The number of nitrogens with zero attached hydrogens (tertiary/aromatic N) is 2. The molecular formula is C28H41N5O4. The van der Waals surface area contributed by atoms with Crippen LogP contribution in [0.25, 0.3) is 5.69 Å². The summed E-state index contributed by atoms with van der Waals surface area (Å²) in [6.07, 6.45) is 4.43. The molecule has 0 bridgehead atoms. The first-order valence-corrected chi connectivity index (χ1v) is 13.3. The molecule has 2 aliphatic rings. The molecule has 1 fully saturated rings. The lowest BCUT2D eigenvalue weighted by molar-refractivity contribution is -0.150. The van der Waals surface area contributed by atoms with E-state index in [1.165, 1.54) is 0 Å². The van der Waals surface area contributed by atoms with Crippen molar-refractivity contribution >= 4 is 23.3 Å². The molecule has 0 radical (unpaired) electrons. The van der Waals surface area contributed by atoms with Crippen LogP contribution in [-0.4, -0.2) is 46.1 Å². The molecule has 5 N–H and O–H groups in total. The number of anilines is 1. The molecule has 1 amide bonds. The number of amides is 1. The number of fused-ring (bicyclic) bond motifs is 1. The summed E-state index contributed by atoms with van der Waals surface area (Å²) in [6.45, 7) is 10.3. The van der Waals surface area contributed by atoms with E-state index in [1.807, 2.05) is 37.6 Å². The fourth-order valence-electron chi connectivity index (χ4n) is 5.26. The summed E-state index contributed by atoms with van der Waals surface area (Å²) in [4.78, 5) is 36.7. The smallest absolute Gasteiger partial charge is 0.307 e. The van der Waals surface area contributed by atoms with Crippen LogP contribution in [0.5, 0.6) is 0 Å². The van der Waals surface area contributed by atoms with E-state index in [4.69, 9.17) is 16.2 Å². The third-order valence-corrected chi connectivity index (χ3v) is 6.91. The second kappa shape index (κ2) is 11.9. The molecule has 37 heavy (non-hydrogen) atoms. The van der Waals surface area contributed by atoms with Crippen LogP contribution in [0.4, 0.5) is 5.69 Å². The van der Waals surface area contributed by atoms with Crippen molar-refractivity contribution in [3.05, 3.63) is 40.7 Å². The van der Waals surface area contributed by atoms with Crippen LogP contribution in [-0.2, 0) is 16.0 Å². The van der Waals surface area contributed by atoms with Crippen molar-refractivity contribution in [2.45, 2.75) is 91.7 Å². The Morgan fingerprint density at radius 1 is 1.16 bits per heavy atom. The first-order chi connectivity index (χ1) is 17.6. The molecule has 4 rings (SSSR count). The molecular weight excluding hydrogens is 470 g/mol. The van der Waals surface area contributed by atoms with Crippen molar-refractivity contribution in [1.82, 2.24) is 9.78 Å². The van der Waals surface area contributed by atoms with Crippen molar-refractivity contribution in [3.63, 3.8) is 0 Å². The highest BCUT2D eigenvalue weighted by molar-refractivity contribution is 6.00. The number of benzene rings is 1. The molecule has 0 saturated heterocycles. The van der Waals surface area contributed by atoms with Crippen molar-refractivity contribution in [1.29, 1.82) is 0 Å². The number of esters is 1. The van der Waals surface area contributed by atoms with Gasteiger partial charge in [-0.2, -0.15) is 5.10 Å². The lowest BCUT2D eigenvalue weighted by atomic mass is 9.75. The minimum absolute atomic E-state index is 0.103. The number of hydrogen-bond donors (Lipinski definition) is 3. The van der Waals surface area contributed by atoms with Gasteiger partial charge in [0.15, 0.2) is 5.78 Å². The molecule has 1 aromatic heterocycles. The number of Topliss-reactive ketones (excluding diaryl/α,β-unsaturated/α-hetero) is 1. The largest absolute Gasteiger partial charge is 0.462 e. The maximum Gasteiger partial charge on any atom is 0.307 e. The molecule has 9 nitrogen and oxygen atoms in total. The Balaban J connectivity index is 0.00000186. The summed E-state index contributed by atoms with van der Waals surface area (Å²) < 4.78 is 7.32. The highest BCUT2D eigenvalue weighted by atomic mass is 16.5. The predicted octanol–water partition coefficient (Wildman–Crippen LogP) is 4.08. The maximum atomic E-state index is 12.8. The average molecular weight is 512 g/mol. The van der Waals surface area contributed by atoms with Gasteiger partial charge in [0.05, 0.1) is 34.6 Å². The SMILES string of the molecule is CC.Cc1nn(-c2ccc(C(N)=O)c(NC3CCC(OC(=O)CCN)CC3)c2)c2c1C(=O)CC(C)(C)C2. The molecule has 1 saturated carbocycles. The molecule has 9 heteroatoms. The zero-order valence-corrected chi connectivity index (χ0v) is 22.7. The number of rotatable bonds is 7. The number of carbonyl (C=O) groups excluding carboxylic acids is 3. The molecule has 2 aromatic rings. The number of primary amides is 1. The summed E-state index contributed by atoms with van der Waals surface area (Å²) in [7, 11) is 0. The number of aromatic nitrogens is 2. The van der Waals surface area contributed by atoms with Gasteiger partial charge in [-0.3, -0.25) is 14.4 Å². The van der Waals surface area contributed by atoms with E-state index in [0.717, 1.165) is 49.2 Å². The molecule has 0 atom stereocenters. The van der Waals surface area contributed by atoms with E-state index >= 15 is 0 Å². The predicted molar refractivity (Wildman–Crippen MR) is 144 cm³/mol. The lowest BCUT2D eigenvalue weighted by Crippen LogP contribution is -2.32. The van der Waals surface area contributed by atoms with Gasteiger partial charge in [-0.15, -0.1) is 0 Å². The van der Waals surface area contributed by atoms with E-state index in [9.17, 15) is 14.4 Å². The zero-order valence-electron chi connectivity index (χ0n) is 22.7. The maximum absolute atomic E-state index is 12.8. The lowest BCUT2D eigenvalue weighted by Gasteiger charge is -2.30. The van der Waals surface area contributed by atoms with E-state index in [-0.39, 0.29) is 42.3 Å². The van der Waals surface area contributed by atoms with E-state index in [0.29, 0.717) is 23.2 Å². The Kier molecular flexibility index (Phi) is 9.12. The van der Waals surface area contributed by atoms with Crippen LogP contribution in [0, 0.1) is 12.3 Å². The normalized spacial score (nSPS) is 20.3. The van der Waals surface area contributed by atoms with Crippen molar-refractivity contribution in [3.8, 4) is 5.69 Å². The number of ether oxygens (including phenoxy) is 1. The van der Waals surface area contributed by atoms with Crippen LogP contribution in [0.15, 0.2) is 18.2 Å². The number of nitrogens with two attached hydrogens (primary N) is 2. The molecule has 202 valence electrons. The Bertz CT molecular complexity index is 1150. The Morgan fingerprint density at radius 3 is 2.46 bits per heavy atom. The number of carbonyl (C=O) groups is 3. The summed E-state index contributed by atoms with van der Waals surface area (Å²) >= 11 is 0. The first kappa shape index (κ1) is 28.4. The molecule has 2 aliphatic carbocycles. The van der Waals surface area contributed by atoms with Crippen LogP contribution in [0.1, 0.15) is 98.3 Å². The second-order valence-corrected chi connectivity index (χ2v) is 10.5. The topological polar surface area (TPSA) is 142 Å². The van der Waals surface area contributed by atoms with Gasteiger partial charge in [-0.25, -0.2) is 4.68 Å². The van der Waals surface area contributed by atoms with Gasteiger partial charge in [-0.05, 0) is 62.6 Å². The highest BCUT2D eigenvalue weighted by Gasteiger charge is 2.36. The van der Waals surface area contributed by atoms with Gasteiger partial charge in [-0.1, -0.05) is 27.7 Å². The standard InChI is InChI=1S/C26H35N5O4.C2H6/c1-15-24-21(13-26(2,3)14-22(24)32)31(30-15)17-6-9-19(25(28)34)20(12-17)29-16-4-7-18(8-5-16)35-23(33)10-11-27;1-2/h6,9,12,16,18,29H,4-5,7-8,10-11,13-14,27H2,1-3H3,(H2,28,34);1-2H3. The van der Waals surface area contributed by atoms with Crippen molar-refractivity contribution < 1.29 is 19.1 Å². The van der Waals surface area contributed by atoms with Gasteiger partial charge in [0.1, 0.15) is 6.10 Å². The number of aryl methyl sites for hydroxylation is 1. The quantitative estimate of drug-likeness (QED) is 0.475. The monoisotopic (exact) mass is 511 g/mol. The molecule has 1 heterocycles. The third-order valence-electron chi connectivity index (χ3n) is 6.91. The van der Waals surface area contributed by atoms with Crippen LogP contribution >= 0.6 is 0 Å². The third kappa shape index (κ3) is 6.57. The van der Waals surface area contributed by atoms with Crippen molar-refractivity contribution in [2.75, 3.05) is 11.9 Å². The van der Waals surface area contributed by atoms with Crippen LogP contribution in [0.2, 0.25) is 0 Å². The van der Waals surface area contributed by atoms with Gasteiger partial charge < -0.3 is 21.5 Å². The van der Waals surface area contributed by atoms with E-state index in [1.54, 1.807) is 6.07 Å². The minimum Gasteiger partial charge on any atom is -0.462 e. The Hall–Kier alpha value is -3.20. The fourth-order valence-corrected chi connectivity index (χ4v) is 5.26. The summed E-state index contributed by atoms with van der Waals surface area (Å²) in [5.74, 6) is -0.651. The minimum atomic E-state index is -0.515. The Labute approximate surface area is 219 Å². The van der Waals surface area contributed by atoms with Gasteiger partial charge in [0, 0.05) is 24.7 Å². The zero-order chi connectivity index (χ0) is 27.3. The summed E-state index contributed by atoms with van der Waals surface area (Å²) in [6, 6.07) is 5.52. The summed E-state index contributed by atoms with van der Waals surface area (Å²) in [5, 5.41) is 8.17. The van der Waals surface area contributed by atoms with Crippen LogP contribution < -0.4 is 16.8 Å². The Morgan fingerprint density at radius 2 is 1.84 bits per heavy atom. The molecule has 0 unspecified atom stereocenters. The molecule has 0 spiro atoms. The first-order valence-electron chi connectivity index (χ1n) is 13.3. The van der Waals surface area contributed by atoms with Crippen molar-refractivity contribution in [2.24, 2.45) is 16.9 Å². The molecule has 1 aromatic carbocycles. The van der Waals surface area contributed by atoms with Gasteiger partial charge >= 0.3 is 5.97 Å². The number of nitrogens with one attached hydrogen (secondary N) is 1. The fraction of sp³-hybridized carbons (Fsp3) is 0.571. The van der Waals surface area contributed by atoms with E-state index < -0.39 is 5.91 Å². The number of hydrogen-bond acceptors (Lipinski definition) is 7. The number of ketones is 1. The summed E-state index contributed by atoms with van der Waals surface area (Å²) in [5.41, 5.74) is 15.1. The van der Waals surface area contributed by atoms with Gasteiger partial charge in [0.25, 0.3) is 5.91 Å².